The zero-order chi connectivity index (χ0) is 20.3. The lowest BCUT2D eigenvalue weighted by Gasteiger charge is -2.20. The fourth-order valence-electron chi connectivity index (χ4n) is 2.10. The smallest absolute Gasteiger partial charge is 0.407 e. The summed E-state index contributed by atoms with van der Waals surface area (Å²) < 4.78 is 5.17. The Bertz CT molecular complexity index is 642. The van der Waals surface area contributed by atoms with Crippen LogP contribution < -0.4 is 21.3 Å². The Hall–Kier alpha value is -2.04. The maximum Gasteiger partial charge on any atom is 0.407 e. The summed E-state index contributed by atoms with van der Waals surface area (Å²) in [6, 6.07) is 7.38. The van der Waals surface area contributed by atoms with Crippen LogP contribution in [0.1, 0.15) is 43.6 Å². The molecule has 0 heterocycles. The van der Waals surface area contributed by atoms with Crippen molar-refractivity contribution < 1.29 is 14.3 Å². The number of nitrogens with one attached hydrogen (secondary N) is 4. The maximum absolute atomic E-state index is 11.7. The molecule has 0 aliphatic rings. The van der Waals surface area contributed by atoms with Crippen molar-refractivity contribution >= 4 is 41.9 Å². The summed E-state index contributed by atoms with van der Waals surface area (Å²) in [4.78, 5) is 27.4. The summed E-state index contributed by atoms with van der Waals surface area (Å²) in [5.41, 5.74) is 1.15. The Balaban J connectivity index is 0.00000729. The summed E-state index contributed by atoms with van der Waals surface area (Å²) in [6.45, 7) is 9.43. The molecule has 8 nitrogen and oxygen atoms in total. The van der Waals surface area contributed by atoms with Crippen LogP contribution >= 0.6 is 24.0 Å². The van der Waals surface area contributed by atoms with E-state index in [9.17, 15) is 9.59 Å². The number of carbonyl (C=O) groups excluding carboxylic acids is 2. The van der Waals surface area contributed by atoms with Crippen molar-refractivity contribution in [3.8, 4) is 0 Å². The van der Waals surface area contributed by atoms with Gasteiger partial charge in [-0.25, -0.2) is 4.79 Å². The molecule has 0 fully saturated rings. The first kappa shape index (κ1) is 26.0. The quantitative estimate of drug-likeness (QED) is 0.197. The predicted octanol–water partition coefficient (Wildman–Crippen LogP) is 2.24. The molecule has 0 aliphatic heterocycles. The molecular weight excluding hydrogens is 473 g/mol. The van der Waals surface area contributed by atoms with Gasteiger partial charge in [-0.2, -0.15) is 0 Å². The SMILES string of the molecule is CCNC(=O)c1ccc(CNC(=NC)NCCNC(=O)OC(C)(C)C)cc1.I. The molecule has 0 unspecified atom stereocenters. The molecule has 0 aliphatic carbocycles. The van der Waals surface area contributed by atoms with Crippen LogP contribution in [0.15, 0.2) is 29.3 Å². The first-order chi connectivity index (χ1) is 12.7. The molecule has 28 heavy (non-hydrogen) atoms. The van der Waals surface area contributed by atoms with E-state index in [0.29, 0.717) is 37.7 Å². The summed E-state index contributed by atoms with van der Waals surface area (Å²) in [5.74, 6) is 0.542. The van der Waals surface area contributed by atoms with Crippen molar-refractivity contribution in [3.63, 3.8) is 0 Å². The van der Waals surface area contributed by atoms with Crippen LogP contribution in [0, 0.1) is 0 Å². The van der Waals surface area contributed by atoms with E-state index in [2.05, 4.69) is 26.3 Å². The number of nitrogens with zero attached hydrogens (tertiary/aromatic N) is 1. The molecule has 1 aromatic rings. The molecule has 0 bridgehead atoms. The zero-order valence-corrected chi connectivity index (χ0v) is 19.5. The molecule has 0 radical (unpaired) electrons. The Morgan fingerprint density at radius 3 is 2.14 bits per heavy atom. The molecule has 0 saturated carbocycles. The van der Waals surface area contributed by atoms with Crippen LogP contribution in [-0.4, -0.2) is 50.2 Å². The van der Waals surface area contributed by atoms with Crippen LogP contribution in [0.5, 0.6) is 0 Å². The van der Waals surface area contributed by atoms with Gasteiger partial charge in [0.15, 0.2) is 5.96 Å². The number of guanidine groups is 1. The van der Waals surface area contributed by atoms with E-state index < -0.39 is 11.7 Å². The monoisotopic (exact) mass is 505 g/mol. The van der Waals surface area contributed by atoms with Gasteiger partial charge in [-0.3, -0.25) is 9.79 Å². The van der Waals surface area contributed by atoms with Gasteiger partial charge >= 0.3 is 6.09 Å². The Morgan fingerprint density at radius 2 is 1.61 bits per heavy atom. The van der Waals surface area contributed by atoms with Gasteiger partial charge in [0.2, 0.25) is 0 Å². The van der Waals surface area contributed by atoms with Crippen molar-refractivity contribution in [2.75, 3.05) is 26.7 Å². The van der Waals surface area contributed by atoms with E-state index in [1.54, 1.807) is 19.2 Å². The van der Waals surface area contributed by atoms with Crippen LogP contribution in [0.4, 0.5) is 4.79 Å². The van der Waals surface area contributed by atoms with Gasteiger partial charge in [0, 0.05) is 38.8 Å². The molecule has 158 valence electrons. The molecule has 0 aromatic heterocycles. The lowest BCUT2D eigenvalue weighted by atomic mass is 10.1. The van der Waals surface area contributed by atoms with Gasteiger partial charge in [0.25, 0.3) is 5.91 Å². The third-order valence-electron chi connectivity index (χ3n) is 3.32. The third-order valence-corrected chi connectivity index (χ3v) is 3.32. The van der Waals surface area contributed by atoms with Crippen LogP contribution in [0.25, 0.3) is 0 Å². The van der Waals surface area contributed by atoms with Crippen LogP contribution in [-0.2, 0) is 11.3 Å². The average Bonchev–Trinajstić information content (AvgIpc) is 2.60. The first-order valence-electron chi connectivity index (χ1n) is 9.03. The second kappa shape index (κ2) is 13.2. The summed E-state index contributed by atoms with van der Waals surface area (Å²) in [7, 11) is 1.68. The minimum absolute atomic E-state index is 0. The molecule has 4 N–H and O–H groups in total. The Kier molecular flexibility index (Phi) is 12.2. The van der Waals surface area contributed by atoms with Gasteiger partial charge in [0.1, 0.15) is 5.60 Å². The van der Waals surface area contributed by atoms with E-state index in [1.165, 1.54) is 0 Å². The topological polar surface area (TPSA) is 104 Å². The van der Waals surface area contributed by atoms with E-state index in [4.69, 9.17) is 4.74 Å². The fourth-order valence-corrected chi connectivity index (χ4v) is 2.10. The molecule has 9 heteroatoms. The normalized spacial score (nSPS) is 11.1. The highest BCUT2D eigenvalue weighted by Crippen LogP contribution is 2.06. The lowest BCUT2D eigenvalue weighted by Crippen LogP contribution is -2.42. The predicted molar refractivity (Wildman–Crippen MR) is 122 cm³/mol. The Morgan fingerprint density at radius 1 is 1.00 bits per heavy atom. The van der Waals surface area contributed by atoms with E-state index in [-0.39, 0.29) is 29.9 Å². The molecular formula is C19H32IN5O3. The van der Waals surface area contributed by atoms with Crippen LogP contribution in [0.2, 0.25) is 0 Å². The van der Waals surface area contributed by atoms with Crippen LogP contribution in [0.3, 0.4) is 0 Å². The standard InChI is InChI=1S/C19H31N5O3.HI/c1-6-21-16(25)15-9-7-14(8-10-15)13-24-17(20-5)22-11-12-23-18(26)27-19(2,3)4;/h7-10H,6,11-13H2,1-5H3,(H,21,25)(H,23,26)(H2,20,22,24);1H. The number of carbonyl (C=O) groups is 2. The zero-order valence-electron chi connectivity index (χ0n) is 17.2. The van der Waals surface area contributed by atoms with Gasteiger partial charge < -0.3 is 26.0 Å². The number of aliphatic imine (C=N–C) groups is 1. The second-order valence-corrected chi connectivity index (χ2v) is 6.84. The number of halogens is 1. The van der Waals surface area contributed by atoms with Crippen molar-refractivity contribution in [3.05, 3.63) is 35.4 Å². The number of alkyl carbamates (subject to hydrolysis) is 1. The molecule has 1 aromatic carbocycles. The maximum atomic E-state index is 11.7. The summed E-state index contributed by atoms with van der Waals surface area (Å²) in [6.07, 6.45) is -0.445. The van der Waals surface area contributed by atoms with Crippen molar-refractivity contribution in [1.82, 2.24) is 21.3 Å². The molecule has 1 rings (SSSR count). The number of ether oxygens (including phenoxy) is 1. The van der Waals surface area contributed by atoms with E-state index in [0.717, 1.165) is 5.56 Å². The summed E-state index contributed by atoms with van der Waals surface area (Å²) >= 11 is 0. The van der Waals surface area contributed by atoms with Crippen molar-refractivity contribution in [2.45, 2.75) is 39.8 Å². The second-order valence-electron chi connectivity index (χ2n) is 6.84. The highest BCUT2D eigenvalue weighted by atomic mass is 127. The molecule has 0 atom stereocenters. The molecule has 0 spiro atoms. The minimum Gasteiger partial charge on any atom is -0.444 e. The van der Waals surface area contributed by atoms with Gasteiger partial charge in [0.05, 0.1) is 0 Å². The third kappa shape index (κ3) is 11.0. The number of amides is 2. The van der Waals surface area contributed by atoms with E-state index in [1.807, 2.05) is 39.8 Å². The van der Waals surface area contributed by atoms with E-state index >= 15 is 0 Å². The van der Waals surface area contributed by atoms with Crippen molar-refractivity contribution in [2.24, 2.45) is 4.99 Å². The first-order valence-corrected chi connectivity index (χ1v) is 9.03. The number of benzene rings is 1. The van der Waals surface area contributed by atoms with Crippen molar-refractivity contribution in [1.29, 1.82) is 0 Å². The highest BCUT2D eigenvalue weighted by Gasteiger charge is 2.15. The number of hydrogen-bond donors (Lipinski definition) is 4. The number of hydrogen-bond acceptors (Lipinski definition) is 4. The molecule has 2 amide bonds. The average molecular weight is 505 g/mol. The fraction of sp³-hybridized carbons (Fsp3) is 0.526. The number of rotatable bonds is 7. The lowest BCUT2D eigenvalue weighted by molar-refractivity contribution is 0.0528. The minimum atomic E-state index is -0.512. The summed E-state index contributed by atoms with van der Waals surface area (Å²) in [5, 5.41) is 11.7. The highest BCUT2D eigenvalue weighted by molar-refractivity contribution is 14.0. The Labute approximate surface area is 184 Å². The largest absolute Gasteiger partial charge is 0.444 e. The van der Waals surface area contributed by atoms with Gasteiger partial charge in [-0.15, -0.1) is 24.0 Å². The van der Waals surface area contributed by atoms with Gasteiger partial charge in [-0.1, -0.05) is 12.1 Å². The molecule has 0 saturated heterocycles. The van der Waals surface area contributed by atoms with Gasteiger partial charge in [-0.05, 0) is 45.4 Å².